The first-order valence-corrected chi connectivity index (χ1v) is 9.87. The van der Waals surface area contributed by atoms with Crippen LogP contribution in [-0.2, 0) is 16.1 Å². The molecule has 0 radical (unpaired) electrons. The fourth-order valence-corrected chi connectivity index (χ4v) is 3.84. The maximum Gasteiger partial charge on any atom is 0.240 e. The zero-order valence-electron chi connectivity index (χ0n) is 16.5. The Kier molecular flexibility index (Phi) is 5.87. The van der Waals surface area contributed by atoms with Crippen molar-refractivity contribution in [2.45, 2.75) is 19.5 Å². The number of nitrogens with one attached hydrogen (secondary N) is 1. The van der Waals surface area contributed by atoms with E-state index in [0.717, 1.165) is 35.5 Å². The van der Waals surface area contributed by atoms with Crippen molar-refractivity contribution in [3.05, 3.63) is 65.7 Å². The van der Waals surface area contributed by atoms with Gasteiger partial charge in [0.25, 0.3) is 0 Å². The molecule has 1 aliphatic rings. The van der Waals surface area contributed by atoms with Crippen molar-refractivity contribution in [3.8, 4) is 0 Å². The fraction of sp³-hybridized carbons (Fsp3) is 0.364. The summed E-state index contributed by atoms with van der Waals surface area (Å²) >= 11 is 0. The molecule has 1 unspecified atom stereocenters. The number of imidazole rings is 1. The smallest absolute Gasteiger partial charge is 0.240 e. The third-order valence-corrected chi connectivity index (χ3v) is 5.38. The van der Waals surface area contributed by atoms with Crippen LogP contribution in [-0.4, -0.2) is 53.2 Å². The summed E-state index contributed by atoms with van der Waals surface area (Å²) in [5.74, 6) is 0.474. The Labute approximate surface area is 169 Å². The predicted octanol–water partition coefficient (Wildman–Crippen LogP) is 2.67. The molecule has 0 saturated carbocycles. The minimum atomic E-state index is -0.263. The molecule has 1 atom stereocenters. The molecular formula is C22H25FN4O2. The quantitative estimate of drug-likeness (QED) is 0.696. The van der Waals surface area contributed by atoms with Crippen LogP contribution in [0.15, 0.2) is 48.5 Å². The third kappa shape index (κ3) is 4.46. The van der Waals surface area contributed by atoms with E-state index in [1.807, 2.05) is 35.8 Å². The molecule has 1 N–H and O–H groups in total. The van der Waals surface area contributed by atoms with E-state index < -0.39 is 0 Å². The van der Waals surface area contributed by atoms with Gasteiger partial charge < -0.3 is 14.6 Å². The van der Waals surface area contributed by atoms with E-state index in [1.165, 1.54) is 12.1 Å². The number of benzene rings is 2. The Balaban J connectivity index is 1.47. The molecule has 2 aromatic carbocycles. The van der Waals surface area contributed by atoms with Gasteiger partial charge >= 0.3 is 0 Å². The van der Waals surface area contributed by atoms with Gasteiger partial charge in [0.2, 0.25) is 5.91 Å². The highest BCUT2D eigenvalue weighted by atomic mass is 19.1. The SMILES string of the molecule is Cc1nc2ccccc2n1CC(=O)NCC(c1ccc(F)cc1)N1CCOCC1. The van der Waals surface area contributed by atoms with E-state index in [9.17, 15) is 9.18 Å². The molecule has 0 bridgehead atoms. The van der Waals surface area contributed by atoms with Crippen molar-refractivity contribution in [2.24, 2.45) is 0 Å². The predicted molar refractivity (Wildman–Crippen MR) is 109 cm³/mol. The number of nitrogens with zero attached hydrogens (tertiary/aromatic N) is 3. The van der Waals surface area contributed by atoms with E-state index in [4.69, 9.17) is 4.74 Å². The van der Waals surface area contributed by atoms with E-state index in [-0.39, 0.29) is 24.3 Å². The van der Waals surface area contributed by atoms with Crippen LogP contribution < -0.4 is 5.32 Å². The summed E-state index contributed by atoms with van der Waals surface area (Å²) in [5, 5.41) is 3.06. The highest BCUT2D eigenvalue weighted by Crippen LogP contribution is 2.22. The van der Waals surface area contributed by atoms with Gasteiger partial charge in [0.1, 0.15) is 18.2 Å². The molecular weight excluding hydrogens is 371 g/mol. The molecule has 7 heteroatoms. The highest BCUT2D eigenvalue weighted by molar-refractivity contribution is 5.81. The molecule has 2 heterocycles. The maximum atomic E-state index is 13.4. The van der Waals surface area contributed by atoms with Crippen molar-refractivity contribution in [3.63, 3.8) is 0 Å². The van der Waals surface area contributed by atoms with Crippen molar-refractivity contribution in [1.29, 1.82) is 0 Å². The zero-order chi connectivity index (χ0) is 20.2. The van der Waals surface area contributed by atoms with Crippen LogP contribution in [0.5, 0.6) is 0 Å². The molecule has 1 aliphatic heterocycles. The van der Waals surface area contributed by atoms with Gasteiger partial charge in [-0.25, -0.2) is 9.37 Å². The molecule has 3 aromatic rings. The van der Waals surface area contributed by atoms with Gasteiger partial charge in [-0.05, 0) is 36.8 Å². The number of fused-ring (bicyclic) bond motifs is 1. The topological polar surface area (TPSA) is 59.4 Å². The first-order chi connectivity index (χ1) is 14.1. The largest absolute Gasteiger partial charge is 0.379 e. The van der Waals surface area contributed by atoms with Gasteiger partial charge in [-0.2, -0.15) is 0 Å². The Morgan fingerprint density at radius 2 is 1.90 bits per heavy atom. The first kappa shape index (κ1) is 19.5. The van der Waals surface area contributed by atoms with Crippen molar-refractivity contribution >= 4 is 16.9 Å². The Morgan fingerprint density at radius 1 is 1.17 bits per heavy atom. The average molecular weight is 396 g/mol. The van der Waals surface area contributed by atoms with Gasteiger partial charge in [-0.1, -0.05) is 24.3 Å². The molecule has 0 aliphatic carbocycles. The van der Waals surface area contributed by atoms with Gasteiger partial charge in [-0.3, -0.25) is 9.69 Å². The summed E-state index contributed by atoms with van der Waals surface area (Å²) in [5.41, 5.74) is 2.82. The molecule has 1 aromatic heterocycles. The van der Waals surface area contributed by atoms with Crippen LogP contribution in [0.2, 0.25) is 0 Å². The minimum absolute atomic E-state index is 0.0240. The van der Waals surface area contributed by atoms with Crippen molar-refractivity contribution in [2.75, 3.05) is 32.8 Å². The summed E-state index contributed by atoms with van der Waals surface area (Å²) < 4.78 is 20.7. The van der Waals surface area contributed by atoms with E-state index >= 15 is 0 Å². The second-order valence-electron chi connectivity index (χ2n) is 7.25. The molecule has 0 spiro atoms. The number of hydrogen-bond donors (Lipinski definition) is 1. The lowest BCUT2D eigenvalue weighted by atomic mass is 10.0. The summed E-state index contributed by atoms with van der Waals surface area (Å²) in [6.07, 6.45) is 0. The Bertz CT molecular complexity index is 980. The Morgan fingerprint density at radius 3 is 2.66 bits per heavy atom. The van der Waals surface area contributed by atoms with Crippen LogP contribution >= 0.6 is 0 Å². The number of hydrogen-bond acceptors (Lipinski definition) is 4. The lowest BCUT2D eigenvalue weighted by Gasteiger charge is -2.35. The number of para-hydroxylation sites is 2. The lowest BCUT2D eigenvalue weighted by molar-refractivity contribution is -0.122. The summed E-state index contributed by atoms with van der Waals surface area (Å²) in [4.78, 5) is 19.5. The number of halogens is 1. The van der Waals surface area contributed by atoms with Gasteiger partial charge in [0, 0.05) is 19.6 Å². The van der Waals surface area contributed by atoms with E-state index in [0.29, 0.717) is 19.8 Å². The second kappa shape index (κ2) is 8.71. The summed E-state index contributed by atoms with van der Waals surface area (Å²) in [6.45, 7) is 5.45. The average Bonchev–Trinajstić information content (AvgIpc) is 3.05. The monoisotopic (exact) mass is 396 g/mol. The molecule has 1 saturated heterocycles. The summed E-state index contributed by atoms with van der Waals surface area (Å²) in [7, 11) is 0. The number of aromatic nitrogens is 2. The van der Waals surface area contributed by atoms with Gasteiger partial charge in [0.15, 0.2) is 0 Å². The molecule has 1 amide bonds. The normalized spacial score (nSPS) is 16.1. The van der Waals surface area contributed by atoms with Crippen LogP contribution in [0.1, 0.15) is 17.4 Å². The van der Waals surface area contributed by atoms with Crippen LogP contribution in [0, 0.1) is 12.7 Å². The van der Waals surface area contributed by atoms with Crippen molar-refractivity contribution in [1.82, 2.24) is 19.8 Å². The molecule has 152 valence electrons. The van der Waals surface area contributed by atoms with E-state index in [1.54, 1.807) is 12.1 Å². The number of carbonyl (C=O) groups is 1. The maximum absolute atomic E-state index is 13.4. The minimum Gasteiger partial charge on any atom is -0.379 e. The first-order valence-electron chi connectivity index (χ1n) is 9.87. The van der Waals surface area contributed by atoms with Gasteiger partial charge in [-0.15, -0.1) is 0 Å². The molecule has 29 heavy (non-hydrogen) atoms. The molecule has 4 rings (SSSR count). The highest BCUT2D eigenvalue weighted by Gasteiger charge is 2.23. The number of ether oxygens (including phenoxy) is 1. The van der Waals surface area contributed by atoms with E-state index in [2.05, 4.69) is 15.2 Å². The Hall–Kier alpha value is -2.77. The van der Waals surface area contributed by atoms with Crippen LogP contribution in [0.3, 0.4) is 0 Å². The van der Waals surface area contributed by atoms with Crippen LogP contribution in [0.25, 0.3) is 11.0 Å². The number of aryl methyl sites for hydroxylation is 1. The lowest BCUT2D eigenvalue weighted by Crippen LogP contribution is -2.44. The zero-order valence-corrected chi connectivity index (χ0v) is 16.5. The van der Waals surface area contributed by atoms with Crippen LogP contribution in [0.4, 0.5) is 4.39 Å². The second-order valence-corrected chi connectivity index (χ2v) is 7.25. The number of amides is 1. The number of carbonyl (C=O) groups excluding carboxylic acids is 1. The fourth-order valence-electron chi connectivity index (χ4n) is 3.84. The third-order valence-electron chi connectivity index (χ3n) is 5.38. The molecule has 1 fully saturated rings. The standard InChI is InChI=1S/C22H25FN4O2/c1-16-25-19-4-2-3-5-20(19)27(16)15-22(28)24-14-21(26-10-12-29-13-11-26)17-6-8-18(23)9-7-17/h2-9,21H,10-15H2,1H3,(H,24,28). The summed E-state index contributed by atoms with van der Waals surface area (Å²) in [6, 6.07) is 14.3. The van der Waals surface area contributed by atoms with Crippen molar-refractivity contribution < 1.29 is 13.9 Å². The number of rotatable bonds is 6. The number of morpholine rings is 1. The molecule has 6 nitrogen and oxygen atoms in total. The van der Waals surface area contributed by atoms with Gasteiger partial charge in [0.05, 0.1) is 30.3 Å².